The zero-order chi connectivity index (χ0) is 16.5. The van der Waals surface area contributed by atoms with Crippen LogP contribution in [0.1, 0.15) is 55.4 Å². The van der Waals surface area contributed by atoms with Crippen molar-refractivity contribution in [3.05, 3.63) is 22.4 Å². The fourth-order valence-electron chi connectivity index (χ4n) is 3.83. The topological polar surface area (TPSA) is 59.2 Å². The molecule has 2 aromatic rings. The van der Waals surface area contributed by atoms with Crippen LogP contribution in [0.2, 0.25) is 0 Å². The van der Waals surface area contributed by atoms with Gasteiger partial charge in [-0.1, -0.05) is 6.42 Å². The van der Waals surface area contributed by atoms with Gasteiger partial charge in [0.2, 0.25) is 5.89 Å². The summed E-state index contributed by atoms with van der Waals surface area (Å²) in [5, 5.41) is 8.47. The first-order valence-electron chi connectivity index (χ1n) is 8.89. The van der Waals surface area contributed by atoms with E-state index >= 15 is 0 Å². The molecule has 1 fully saturated rings. The molecule has 0 radical (unpaired) electrons. The Labute approximate surface area is 146 Å². The summed E-state index contributed by atoms with van der Waals surface area (Å²) in [5.74, 6) is 1.48. The number of fused-ring (bicyclic) bond motifs is 1. The summed E-state index contributed by atoms with van der Waals surface area (Å²) in [5.41, 5.74) is 1.45. The lowest BCUT2D eigenvalue weighted by Gasteiger charge is -2.32. The highest BCUT2D eigenvalue weighted by Gasteiger charge is 2.27. The Kier molecular flexibility index (Phi) is 4.50. The molecule has 1 atom stereocenters. The number of piperidine rings is 1. The van der Waals surface area contributed by atoms with Crippen molar-refractivity contribution in [2.75, 3.05) is 6.54 Å². The molecule has 0 aromatic carbocycles. The summed E-state index contributed by atoms with van der Waals surface area (Å²) in [6.07, 6.45) is 8.09. The van der Waals surface area contributed by atoms with Crippen LogP contribution in [0.25, 0.3) is 10.8 Å². The molecule has 0 bridgehead atoms. The fraction of sp³-hybridized carbons (Fsp3) is 0.611. The number of nitrogens with zero attached hydrogens (tertiary/aromatic N) is 3. The number of rotatable bonds is 4. The van der Waals surface area contributed by atoms with Crippen LogP contribution in [0.5, 0.6) is 0 Å². The van der Waals surface area contributed by atoms with Gasteiger partial charge in [-0.2, -0.15) is 0 Å². The molecule has 2 aliphatic rings. The maximum atomic E-state index is 11.8. The third-order valence-corrected chi connectivity index (χ3v) is 6.32. The van der Waals surface area contributed by atoms with Crippen molar-refractivity contribution in [2.24, 2.45) is 0 Å². The number of hydrogen-bond donors (Lipinski definition) is 0. The Balaban J connectivity index is 1.50. The molecule has 6 heteroatoms. The highest BCUT2D eigenvalue weighted by Crippen LogP contribution is 2.35. The maximum Gasteiger partial charge on any atom is 0.257 e. The highest BCUT2D eigenvalue weighted by atomic mass is 32.1. The molecule has 1 aliphatic heterocycles. The first kappa shape index (κ1) is 16.0. The van der Waals surface area contributed by atoms with Crippen LogP contribution in [-0.2, 0) is 24.2 Å². The van der Waals surface area contributed by atoms with Crippen molar-refractivity contribution in [3.63, 3.8) is 0 Å². The van der Waals surface area contributed by atoms with Gasteiger partial charge in [-0.15, -0.1) is 21.5 Å². The Morgan fingerprint density at radius 1 is 1.29 bits per heavy atom. The van der Waals surface area contributed by atoms with Crippen LogP contribution in [0, 0.1) is 0 Å². The number of aryl methyl sites for hydroxylation is 2. The lowest BCUT2D eigenvalue weighted by Crippen LogP contribution is -2.43. The lowest BCUT2D eigenvalue weighted by molar-refractivity contribution is -0.123. The van der Waals surface area contributed by atoms with Gasteiger partial charge in [0.1, 0.15) is 5.78 Å². The van der Waals surface area contributed by atoms with Gasteiger partial charge in [0.15, 0.2) is 0 Å². The van der Waals surface area contributed by atoms with Crippen molar-refractivity contribution in [1.29, 1.82) is 0 Å². The molecule has 1 saturated heterocycles. The van der Waals surface area contributed by atoms with Crippen LogP contribution >= 0.6 is 11.3 Å². The van der Waals surface area contributed by atoms with E-state index in [1.54, 1.807) is 18.3 Å². The number of aromatic nitrogens is 2. The molecule has 0 N–H and O–H groups in total. The van der Waals surface area contributed by atoms with E-state index in [1.165, 1.54) is 36.1 Å². The van der Waals surface area contributed by atoms with E-state index < -0.39 is 0 Å². The second-order valence-electron chi connectivity index (χ2n) is 6.86. The van der Waals surface area contributed by atoms with E-state index in [0.717, 1.165) is 30.7 Å². The lowest BCUT2D eigenvalue weighted by atomic mass is 9.99. The summed E-state index contributed by atoms with van der Waals surface area (Å²) >= 11 is 1.79. The second-order valence-corrected chi connectivity index (χ2v) is 8.00. The van der Waals surface area contributed by atoms with Crippen molar-refractivity contribution in [3.8, 4) is 10.8 Å². The van der Waals surface area contributed by atoms with Crippen LogP contribution in [0.3, 0.4) is 0 Å². The molecule has 3 heterocycles. The summed E-state index contributed by atoms with van der Waals surface area (Å²) in [6, 6.07) is 2.22. The maximum absolute atomic E-state index is 11.8. The molecule has 0 saturated carbocycles. The molecule has 1 aliphatic carbocycles. The largest absolute Gasteiger partial charge is 0.419 e. The molecular formula is C18H23N3O2S. The standard InChI is InChI=1S/C18H23N3O2S/c1-12(22)14-7-4-5-9-21(14)11-17-19-20-18(23-17)16-10-13-6-2-3-8-15(13)24-16/h10,14H,2-9,11H2,1H3/t14-/m0/s1. The average Bonchev–Trinajstić information content (AvgIpc) is 3.21. The van der Waals surface area contributed by atoms with Crippen LogP contribution < -0.4 is 0 Å². The molecule has 24 heavy (non-hydrogen) atoms. The van der Waals surface area contributed by atoms with Crippen molar-refractivity contribution in [2.45, 2.75) is 64.5 Å². The van der Waals surface area contributed by atoms with Gasteiger partial charge in [0.05, 0.1) is 17.5 Å². The Morgan fingerprint density at radius 2 is 2.17 bits per heavy atom. The summed E-state index contributed by atoms with van der Waals surface area (Å²) < 4.78 is 5.91. The van der Waals surface area contributed by atoms with Crippen molar-refractivity contribution in [1.82, 2.24) is 15.1 Å². The average molecular weight is 345 g/mol. The second kappa shape index (κ2) is 6.76. The number of Topliss-reactive ketones (excluding diaryl/α,β-unsaturated/α-hetero) is 1. The SMILES string of the molecule is CC(=O)[C@@H]1CCCCN1Cc1nnc(-c2cc3c(s2)CCCC3)o1. The van der Waals surface area contributed by atoms with Crippen molar-refractivity contribution < 1.29 is 9.21 Å². The Morgan fingerprint density at radius 3 is 3.00 bits per heavy atom. The Hall–Kier alpha value is -1.53. The van der Waals surface area contributed by atoms with Gasteiger partial charge in [0.25, 0.3) is 5.89 Å². The molecule has 0 amide bonds. The van der Waals surface area contributed by atoms with Gasteiger partial charge in [0, 0.05) is 4.88 Å². The molecule has 0 spiro atoms. The first-order valence-corrected chi connectivity index (χ1v) is 9.71. The quantitative estimate of drug-likeness (QED) is 0.847. The number of thiophene rings is 1. The molecule has 4 rings (SSSR count). The normalized spacial score (nSPS) is 21.6. The number of ketones is 1. The van der Waals surface area contributed by atoms with Gasteiger partial charge < -0.3 is 4.42 Å². The molecule has 128 valence electrons. The minimum absolute atomic E-state index is 0.00292. The van der Waals surface area contributed by atoms with Gasteiger partial charge in [-0.05, 0) is 63.6 Å². The fourth-order valence-corrected chi connectivity index (χ4v) is 5.00. The zero-order valence-corrected chi connectivity index (χ0v) is 14.9. The van der Waals surface area contributed by atoms with E-state index in [1.807, 2.05) is 0 Å². The molecule has 0 unspecified atom stereocenters. The third kappa shape index (κ3) is 3.17. The minimum Gasteiger partial charge on any atom is -0.419 e. The third-order valence-electron chi connectivity index (χ3n) is 5.10. The molecule has 2 aromatic heterocycles. The number of carbonyl (C=O) groups excluding carboxylic acids is 1. The molecule has 5 nitrogen and oxygen atoms in total. The monoisotopic (exact) mass is 345 g/mol. The van der Waals surface area contributed by atoms with Crippen LogP contribution in [0.4, 0.5) is 0 Å². The van der Waals surface area contributed by atoms with E-state index in [0.29, 0.717) is 18.3 Å². The highest BCUT2D eigenvalue weighted by molar-refractivity contribution is 7.15. The molecular weight excluding hydrogens is 322 g/mol. The van der Waals surface area contributed by atoms with E-state index in [-0.39, 0.29) is 11.8 Å². The smallest absolute Gasteiger partial charge is 0.257 e. The number of hydrogen-bond acceptors (Lipinski definition) is 6. The summed E-state index contributed by atoms with van der Waals surface area (Å²) in [7, 11) is 0. The summed E-state index contributed by atoms with van der Waals surface area (Å²) in [6.45, 7) is 3.18. The minimum atomic E-state index is 0.00292. The summed E-state index contributed by atoms with van der Waals surface area (Å²) in [4.78, 5) is 16.6. The van der Waals surface area contributed by atoms with E-state index in [9.17, 15) is 4.79 Å². The van der Waals surface area contributed by atoms with E-state index in [4.69, 9.17) is 4.42 Å². The zero-order valence-electron chi connectivity index (χ0n) is 14.1. The number of carbonyl (C=O) groups is 1. The van der Waals surface area contributed by atoms with Gasteiger partial charge in [-0.3, -0.25) is 9.69 Å². The number of likely N-dealkylation sites (tertiary alicyclic amines) is 1. The van der Waals surface area contributed by atoms with Crippen LogP contribution in [-0.4, -0.2) is 33.5 Å². The van der Waals surface area contributed by atoms with Gasteiger partial charge >= 0.3 is 0 Å². The van der Waals surface area contributed by atoms with Crippen LogP contribution in [0.15, 0.2) is 10.5 Å². The first-order chi connectivity index (χ1) is 11.7. The van der Waals surface area contributed by atoms with Crippen molar-refractivity contribution >= 4 is 17.1 Å². The predicted molar refractivity (Wildman–Crippen MR) is 93.0 cm³/mol. The Bertz CT molecular complexity index is 713. The van der Waals surface area contributed by atoms with Gasteiger partial charge in [-0.25, -0.2) is 0 Å². The van der Waals surface area contributed by atoms with E-state index in [2.05, 4.69) is 21.2 Å². The predicted octanol–water partition coefficient (Wildman–Crippen LogP) is 3.62.